The largest absolute Gasteiger partial charge is 0.497 e. The van der Waals surface area contributed by atoms with Crippen LogP contribution in [0.4, 0.5) is 5.69 Å². The van der Waals surface area contributed by atoms with E-state index in [9.17, 15) is 4.79 Å². The maximum atomic E-state index is 12.4. The van der Waals surface area contributed by atoms with Gasteiger partial charge in [-0.05, 0) is 36.2 Å². The van der Waals surface area contributed by atoms with E-state index in [4.69, 9.17) is 4.74 Å². The molecule has 0 radical (unpaired) electrons. The van der Waals surface area contributed by atoms with E-state index in [1.54, 1.807) is 7.11 Å². The van der Waals surface area contributed by atoms with Crippen LogP contribution in [0.1, 0.15) is 18.4 Å². The van der Waals surface area contributed by atoms with Gasteiger partial charge in [-0.25, -0.2) is 0 Å². The summed E-state index contributed by atoms with van der Waals surface area (Å²) in [6.45, 7) is 0. The minimum atomic E-state index is -0.407. The third-order valence-corrected chi connectivity index (χ3v) is 4.73. The summed E-state index contributed by atoms with van der Waals surface area (Å²) in [5.41, 5.74) is 1.84. The van der Waals surface area contributed by atoms with Gasteiger partial charge in [-0.1, -0.05) is 30.3 Å². The zero-order valence-electron chi connectivity index (χ0n) is 13.1. The Morgan fingerprint density at radius 3 is 2.27 bits per heavy atom. The molecule has 0 aromatic heterocycles. The molecule has 1 aliphatic carbocycles. The van der Waals surface area contributed by atoms with Crippen LogP contribution in [0, 0.1) is 0 Å². The van der Waals surface area contributed by atoms with Crippen molar-refractivity contribution < 1.29 is 9.53 Å². The first kappa shape index (κ1) is 14.6. The number of carbonyl (C=O) groups excluding carboxylic acids is 1. The van der Waals surface area contributed by atoms with E-state index >= 15 is 0 Å². The van der Waals surface area contributed by atoms with Crippen LogP contribution in [0.2, 0.25) is 0 Å². The van der Waals surface area contributed by atoms with Crippen molar-refractivity contribution in [3.63, 3.8) is 0 Å². The lowest BCUT2D eigenvalue weighted by molar-refractivity contribution is -0.131. The van der Waals surface area contributed by atoms with Crippen molar-refractivity contribution in [1.29, 1.82) is 0 Å². The molecule has 0 saturated heterocycles. The Kier molecular flexibility index (Phi) is 3.88. The number of Topliss-reactive ketones (excluding diaryl/α,β-unsaturated/α-hetero) is 1. The number of methoxy groups -OCH3 is 1. The van der Waals surface area contributed by atoms with Gasteiger partial charge in [0.1, 0.15) is 11.3 Å². The highest BCUT2D eigenvalue weighted by Crippen LogP contribution is 2.39. The molecule has 114 valence electrons. The van der Waals surface area contributed by atoms with Gasteiger partial charge in [0.15, 0.2) is 5.78 Å². The summed E-state index contributed by atoms with van der Waals surface area (Å²) in [5.74, 6) is 1.16. The number of ketones is 1. The number of rotatable bonds is 5. The maximum Gasteiger partial charge on any atom is 0.158 e. The first-order valence-corrected chi connectivity index (χ1v) is 7.61. The molecule has 3 rings (SSSR count). The van der Waals surface area contributed by atoms with Crippen LogP contribution in [-0.4, -0.2) is 25.5 Å². The summed E-state index contributed by atoms with van der Waals surface area (Å²) in [6, 6.07) is 18.1. The maximum absolute atomic E-state index is 12.4. The van der Waals surface area contributed by atoms with Gasteiger partial charge >= 0.3 is 0 Å². The van der Waals surface area contributed by atoms with Crippen molar-refractivity contribution in [1.82, 2.24) is 0 Å². The Morgan fingerprint density at radius 1 is 1.09 bits per heavy atom. The van der Waals surface area contributed by atoms with Gasteiger partial charge in [-0.2, -0.15) is 0 Å². The topological polar surface area (TPSA) is 29.5 Å². The van der Waals surface area contributed by atoms with Gasteiger partial charge < -0.3 is 9.64 Å². The third kappa shape index (κ3) is 2.47. The predicted octanol–water partition coefficient (Wildman–Crippen LogP) is 3.48. The minimum Gasteiger partial charge on any atom is -0.497 e. The number of likely N-dealkylation sites (N-methyl/N-ethyl adjacent to an activating group) is 1. The highest BCUT2D eigenvalue weighted by molar-refractivity contribution is 5.97. The van der Waals surface area contributed by atoms with Crippen LogP contribution >= 0.6 is 0 Å². The Labute approximate surface area is 131 Å². The average molecular weight is 295 g/mol. The number of anilines is 1. The SMILES string of the molecule is COc1ccc(N(C)C2(Cc3ccccc3)CCC2=O)cc1. The summed E-state index contributed by atoms with van der Waals surface area (Å²) >= 11 is 0. The Morgan fingerprint density at radius 2 is 1.77 bits per heavy atom. The van der Waals surface area contributed by atoms with Gasteiger partial charge in [0.2, 0.25) is 0 Å². The molecule has 1 atom stereocenters. The van der Waals surface area contributed by atoms with Crippen LogP contribution in [0.25, 0.3) is 0 Å². The molecule has 3 nitrogen and oxygen atoms in total. The molecule has 0 amide bonds. The number of hydrogen-bond acceptors (Lipinski definition) is 3. The standard InChI is InChI=1S/C19H21NO2/c1-20(16-8-10-17(22-2)11-9-16)19(13-12-18(19)21)14-15-6-4-3-5-7-15/h3-11H,12-14H2,1-2H3. The van der Waals surface area contributed by atoms with E-state index in [2.05, 4.69) is 17.0 Å². The summed E-state index contributed by atoms with van der Waals surface area (Å²) in [6.07, 6.45) is 2.34. The van der Waals surface area contributed by atoms with Crippen molar-refractivity contribution in [3.8, 4) is 5.75 Å². The van der Waals surface area contributed by atoms with Crippen molar-refractivity contribution in [3.05, 3.63) is 60.2 Å². The van der Waals surface area contributed by atoms with Gasteiger partial charge in [0, 0.05) is 25.6 Å². The lowest BCUT2D eigenvalue weighted by Gasteiger charge is -2.48. The second-order valence-corrected chi connectivity index (χ2v) is 5.87. The fourth-order valence-electron chi connectivity index (χ4n) is 3.16. The zero-order valence-corrected chi connectivity index (χ0v) is 13.1. The van der Waals surface area contributed by atoms with Gasteiger partial charge in [-0.3, -0.25) is 4.79 Å². The lowest BCUT2D eigenvalue weighted by atomic mass is 9.70. The van der Waals surface area contributed by atoms with Crippen molar-refractivity contribution in [2.45, 2.75) is 24.8 Å². The van der Waals surface area contributed by atoms with Crippen LogP contribution in [0.5, 0.6) is 5.75 Å². The molecule has 1 unspecified atom stereocenters. The number of carbonyl (C=O) groups is 1. The molecule has 22 heavy (non-hydrogen) atoms. The Bertz CT molecular complexity index is 651. The Balaban J connectivity index is 1.88. The van der Waals surface area contributed by atoms with Crippen LogP contribution in [0.15, 0.2) is 54.6 Å². The molecule has 1 aliphatic rings. The van der Waals surface area contributed by atoms with E-state index in [-0.39, 0.29) is 0 Å². The van der Waals surface area contributed by atoms with Crippen molar-refractivity contribution in [2.24, 2.45) is 0 Å². The van der Waals surface area contributed by atoms with E-state index in [1.165, 1.54) is 5.56 Å². The molecule has 1 fully saturated rings. The molecular weight excluding hydrogens is 274 g/mol. The monoisotopic (exact) mass is 295 g/mol. The Hall–Kier alpha value is -2.29. The molecule has 3 heteroatoms. The highest BCUT2D eigenvalue weighted by Gasteiger charge is 2.49. The fourth-order valence-corrected chi connectivity index (χ4v) is 3.16. The summed E-state index contributed by atoms with van der Waals surface area (Å²) in [4.78, 5) is 14.6. The summed E-state index contributed by atoms with van der Waals surface area (Å²) in [5, 5.41) is 0. The number of hydrogen-bond donors (Lipinski definition) is 0. The normalized spacial score (nSPS) is 20.4. The molecular formula is C19H21NO2. The van der Waals surface area contributed by atoms with Crippen molar-refractivity contribution in [2.75, 3.05) is 19.1 Å². The van der Waals surface area contributed by atoms with E-state index in [1.807, 2.05) is 49.5 Å². The second-order valence-electron chi connectivity index (χ2n) is 5.87. The molecule has 1 saturated carbocycles. The third-order valence-electron chi connectivity index (χ3n) is 4.73. The van der Waals surface area contributed by atoms with Crippen LogP contribution in [-0.2, 0) is 11.2 Å². The first-order valence-electron chi connectivity index (χ1n) is 7.61. The predicted molar refractivity (Wildman–Crippen MR) is 88.5 cm³/mol. The lowest BCUT2D eigenvalue weighted by Crippen LogP contribution is -2.61. The van der Waals surface area contributed by atoms with Crippen LogP contribution in [0.3, 0.4) is 0 Å². The summed E-state index contributed by atoms with van der Waals surface area (Å²) < 4.78 is 5.21. The molecule has 0 aliphatic heterocycles. The van der Waals surface area contributed by atoms with E-state index in [0.717, 1.165) is 24.3 Å². The zero-order chi connectivity index (χ0) is 15.6. The number of nitrogens with zero attached hydrogens (tertiary/aromatic N) is 1. The fraction of sp³-hybridized carbons (Fsp3) is 0.316. The molecule has 0 spiro atoms. The van der Waals surface area contributed by atoms with Gasteiger partial charge in [-0.15, -0.1) is 0 Å². The highest BCUT2D eigenvalue weighted by atomic mass is 16.5. The van der Waals surface area contributed by atoms with Gasteiger partial charge in [0.25, 0.3) is 0 Å². The number of benzene rings is 2. The first-order chi connectivity index (χ1) is 10.7. The smallest absolute Gasteiger partial charge is 0.158 e. The molecule has 0 N–H and O–H groups in total. The van der Waals surface area contributed by atoms with Crippen LogP contribution < -0.4 is 9.64 Å². The molecule has 0 heterocycles. The quantitative estimate of drug-likeness (QED) is 0.846. The average Bonchev–Trinajstić information content (AvgIpc) is 2.58. The van der Waals surface area contributed by atoms with E-state index < -0.39 is 5.54 Å². The summed E-state index contributed by atoms with van der Waals surface area (Å²) in [7, 11) is 3.67. The second kappa shape index (κ2) is 5.84. The molecule has 0 bridgehead atoms. The molecule has 2 aromatic carbocycles. The number of ether oxygens (including phenoxy) is 1. The molecule has 2 aromatic rings. The van der Waals surface area contributed by atoms with Crippen molar-refractivity contribution >= 4 is 11.5 Å². The minimum absolute atomic E-state index is 0.328. The van der Waals surface area contributed by atoms with E-state index in [0.29, 0.717) is 12.2 Å². The van der Waals surface area contributed by atoms with Gasteiger partial charge in [0.05, 0.1) is 7.11 Å².